The summed E-state index contributed by atoms with van der Waals surface area (Å²) in [6, 6.07) is 0. The normalized spacial score (nSPS) is 12.1. The minimum absolute atomic E-state index is 0.0690. The van der Waals surface area contributed by atoms with Crippen molar-refractivity contribution in [1.29, 1.82) is 0 Å². The summed E-state index contributed by atoms with van der Waals surface area (Å²) < 4.78 is 17.0. The number of carbonyl (C=O) groups is 3. The van der Waals surface area contributed by atoms with Crippen LogP contribution in [0.4, 0.5) is 0 Å². The standard InChI is InChI=1S/C71H134O6/c1-4-7-10-13-16-19-22-25-28-31-32-33-34-35-36-37-38-41-43-46-49-52-55-58-61-64-70(73)76-67-68(77-71(74)65-62-59-56-53-50-47-44-40-30-27-24-21-18-15-12-9-6-3)66-75-69(72)63-60-57-54-51-48-45-42-39-29-26-23-20-17-14-11-8-5-2/h26-27,29-30,68H,4-25,28,31-67H2,1-3H3/b29-26-,30-27-. The molecule has 454 valence electrons. The smallest absolute Gasteiger partial charge is 0.306 e. The van der Waals surface area contributed by atoms with E-state index in [1.807, 2.05) is 0 Å². The summed E-state index contributed by atoms with van der Waals surface area (Å²) in [5.74, 6) is -0.848. The lowest BCUT2D eigenvalue weighted by atomic mass is 10.0. The van der Waals surface area contributed by atoms with Crippen LogP contribution in [0.3, 0.4) is 0 Å². The highest BCUT2D eigenvalue weighted by molar-refractivity contribution is 5.71. The maximum atomic E-state index is 12.9. The van der Waals surface area contributed by atoms with Gasteiger partial charge in [-0.05, 0) is 70.6 Å². The lowest BCUT2D eigenvalue weighted by molar-refractivity contribution is -0.167. The van der Waals surface area contributed by atoms with Gasteiger partial charge in [0, 0.05) is 19.3 Å². The van der Waals surface area contributed by atoms with Crippen molar-refractivity contribution in [2.24, 2.45) is 0 Å². The third kappa shape index (κ3) is 64.6. The van der Waals surface area contributed by atoms with Gasteiger partial charge in [0.2, 0.25) is 0 Å². The van der Waals surface area contributed by atoms with E-state index < -0.39 is 6.10 Å². The zero-order chi connectivity index (χ0) is 55.7. The van der Waals surface area contributed by atoms with Crippen molar-refractivity contribution in [3.63, 3.8) is 0 Å². The SMILES string of the molecule is CCCCCCCC/C=C\CCCCCCCCCC(=O)OCC(COC(=O)CCCCCCCCCCCCCCCCCCCCCCCCCCC)OC(=O)CCCCCCCCC/C=C\CCCCCCCC. The molecular weight excluding hydrogens is 949 g/mol. The number of rotatable bonds is 65. The van der Waals surface area contributed by atoms with Gasteiger partial charge >= 0.3 is 17.9 Å². The zero-order valence-corrected chi connectivity index (χ0v) is 52.3. The average molecular weight is 1080 g/mol. The number of hydrogen-bond donors (Lipinski definition) is 0. The fourth-order valence-electron chi connectivity index (χ4n) is 10.7. The van der Waals surface area contributed by atoms with Crippen LogP contribution in [-0.4, -0.2) is 37.2 Å². The van der Waals surface area contributed by atoms with Crippen LogP contribution in [0.25, 0.3) is 0 Å². The molecule has 6 heteroatoms. The van der Waals surface area contributed by atoms with Gasteiger partial charge in [0.1, 0.15) is 13.2 Å². The fourth-order valence-corrected chi connectivity index (χ4v) is 10.7. The van der Waals surface area contributed by atoms with Crippen molar-refractivity contribution < 1.29 is 28.6 Å². The van der Waals surface area contributed by atoms with E-state index >= 15 is 0 Å². The van der Waals surface area contributed by atoms with Crippen LogP contribution in [0.1, 0.15) is 393 Å². The van der Waals surface area contributed by atoms with Gasteiger partial charge < -0.3 is 14.2 Å². The monoisotopic (exact) mass is 1080 g/mol. The summed E-state index contributed by atoms with van der Waals surface area (Å²) in [6.07, 6.45) is 80.6. The highest BCUT2D eigenvalue weighted by Gasteiger charge is 2.19. The van der Waals surface area contributed by atoms with E-state index in [-0.39, 0.29) is 31.1 Å². The molecule has 0 fully saturated rings. The van der Waals surface area contributed by atoms with E-state index in [1.165, 1.54) is 295 Å². The maximum Gasteiger partial charge on any atom is 0.306 e. The van der Waals surface area contributed by atoms with E-state index in [0.29, 0.717) is 19.3 Å². The number of unbranched alkanes of at least 4 members (excludes halogenated alkanes) is 50. The summed E-state index contributed by atoms with van der Waals surface area (Å²) in [4.78, 5) is 38.4. The highest BCUT2D eigenvalue weighted by atomic mass is 16.6. The van der Waals surface area contributed by atoms with E-state index in [4.69, 9.17) is 14.2 Å². The first-order chi connectivity index (χ1) is 38.0. The molecule has 77 heavy (non-hydrogen) atoms. The molecule has 0 bridgehead atoms. The molecule has 0 aliphatic carbocycles. The second-order valence-electron chi connectivity index (χ2n) is 23.8. The van der Waals surface area contributed by atoms with Crippen molar-refractivity contribution in [3.05, 3.63) is 24.3 Å². The largest absolute Gasteiger partial charge is 0.462 e. The molecule has 0 radical (unpaired) electrons. The molecule has 0 aliphatic rings. The van der Waals surface area contributed by atoms with E-state index in [2.05, 4.69) is 45.1 Å². The Labute approximate surface area is 481 Å². The Kier molecular flexibility index (Phi) is 64.6. The Hall–Kier alpha value is -2.11. The van der Waals surface area contributed by atoms with E-state index in [0.717, 1.165) is 57.8 Å². The molecule has 0 aliphatic heterocycles. The molecule has 1 atom stereocenters. The molecule has 0 N–H and O–H groups in total. The number of carbonyl (C=O) groups excluding carboxylic acids is 3. The first-order valence-electron chi connectivity index (χ1n) is 34.8. The van der Waals surface area contributed by atoms with Crippen LogP contribution in [0.15, 0.2) is 24.3 Å². The minimum Gasteiger partial charge on any atom is -0.462 e. The van der Waals surface area contributed by atoms with Crippen molar-refractivity contribution in [2.45, 2.75) is 399 Å². The van der Waals surface area contributed by atoms with Gasteiger partial charge in [-0.1, -0.05) is 328 Å². The molecule has 0 saturated carbocycles. The Bertz CT molecular complexity index is 1240. The molecule has 0 saturated heterocycles. The molecular formula is C71H134O6. The number of esters is 3. The predicted molar refractivity (Wildman–Crippen MR) is 335 cm³/mol. The average Bonchev–Trinajstić information content (AvgIpc) is 3.43. The molecule has 0 aromatic carbocycles. The van der Waals surface area contributed by atoms with Gasteiger partial charge in [0.25, 0.3) is 0 Å². The number of ether oxygens (including phenoxy) is 3. The van der Waals surface area contributed by atoms with Crippen LogP contribution >= 0.6 is 0 Å². The number of allylic oxidation sites excluding steroid dienone is 4. The summed E-state index contributed by atoms with van der Waals surface area (Å²) in [5.41, 5.74) is 0. The Morgan fingerprint density at radius 2 is 0.429 bits per heavy atom. The van der Waals surface area contributed by atoms with Gasteiger partial charge in [-0.15, -0.1) is 0 Å². The molecule has 0 aromatic heterocycles. The third-order valence-corrected chi connectivity index (χ3v) is 15.9. The van der Waals surface area contributed by atoms with Crippen LogP contribution in [0, 0.1) is 0 Å². The molecule has 0 heterocycles. The topological polar surface area (TPSA) is 78.9 Å². The molecule has 0 rings (SSSR count). The van der Waals surface area contributed by atoms with Crippen LogP contribution in [-0.2, 0) is 28.6 Å². The summed E-state index contributed by atoms with van der Waals surface area (Å²) in [7, 11) is 0. The Balaban J connectivity index is 4.26. The van der Waals surface area contributed by atoms with E-state index in [1.54, 1.807) is 0 Å². The highest BCUT2D eigenvalue weighted by Crippen LogP contribution is 2.18. The Morgan fingerprint density at radius 3 is 0.649 bits per heavy atom. The summed E-state index contributed by atoms with van der Waals surface area (Å²) in [5, 5.41) is 0. The van der Waals surface area contributed by atoms with Gasteiger partial charge in [-0.25, -0.2) is 0 Å². The first kappa shape index (κ1) is 74.9. The van der Waals surface area contributed by atoms with Crippen LogP contribution in [0.5, 0.6) is 0 Å². The second-order valence-corrected chi connectivity index (χ2v) is 23.8. The molecule has 1 unspecified atom stereocenters. The van der Waals surface area contributed by atoms with Crippen LogP contribution < -0.4 is 0 Å². The lowest BCUT2D eigenvalue weighted by Gasteiger charge is -2.18. The summed E-state index contributed by atoms with van der Waals surface area (Å²) >= 11 is 0. The van der Waals surface area contributed by atoms with Crippen molar-refractivity contribution in [1.82, 2.24) is 0 Å². The minimum atomic E-state index is -0.773. The third-order valence-electron chi connectivity index (χ3n) is 15.9. The molecule has 0 spiro atoms. The van der Waals surface area contributed by atoms with Crippen molar-refractivity contribution in [2.75, 3.05) is 13.2 Å². The van der Waals surface area contributed by atoms with Crippen LogP contribution in [0.2, 0.25) is 0 Å². The predicted octanol–water partition coefficient (Wildman–Crippen LogP) is 23.8. The Morgan fingerprint density at radius 1 is 0.247 bits per heavy atom. The van der Waals surface area contributed by atoms with Crippen molar-refractivity contribution >= 4 is 17.9 Å². The molecule has 0 amide bonds. The van der Waals surface area contributed by atoms with Gasteiger partial charge in [-0.2, -0.15) is 0 Å². The van der Waals surface area contributed by atoms with E-state index in [9.17, 15) is 14.4 Å². The summed E-state index contributed by atoms with van der Waals surface area (Å²) in [6.45, 7) is 6.70. The first-order valence-corrected chi connectivity index (χ1v) is 34.8. The molecule has 6 nitrogen and oxygen atoms in total. The van der Waals surface area contributed by atoms with Gasteiger partial charge in [-0.3, -0.25) is 14.4 Å². The van der Waals surface area contributed by atoms with Gasteiger partial charge in [0.15, 0.2) is 6.10 Å². The second kappa shape index (κ2) is 66.4. The quantitative estimate of drug-likeness (QED) is 0.0261. The zero-order valence-electron chi connectivity index (χ0n) is 52.3. The van der Waals surface area contributed by atoms with Gasteiger partial charge in [0.05, 0.1) is 0 Å². The molecule has 0 aromatic rings. The lowest BCUT2D eigenvalue weighted by Crippen LogP contribution is -2.30. The maximum absolute atomic E-state index is 12.9. The number of hydrogen-bond acceptors (Lipinski definition) is 6. The fraction of sp³-hybridized carbons (Fsp3) is 0.901. The van der Waals surface area contributed by atoms with Crippen molar-refractivity contribution in [3.8, 4) is 0 Å².